The van der Waals surface area contributed by atoms with Crippen LogP contribution in [0.15, 0.2) is 55.0 Å². The predicted octanol–water partition coefficient (Wildman–Crippen LogP) is 3.43. The number of aryl methyl sites for hydroxylation is 1. The number of benzene rings is 1. The Morgan fingerprint density at radius 2 is 2.08 bits per heavy atom. The van der Waals surface area contributed by atoms with Gasteiger partial charge in [-0.15, -0.1) is 0 Å². The van der Waals surface area contributed by atoms with Gasteiger partial charge in [0.25, 0.3) is 0 Å². The van der Waals surface area contributed by atoms with Crippen LogP contribution in [0.2, 0.25) is 0 Å². The van der Waals surface area contributed by atoms with E-state index >= 15 is 0 Å². The van der Waals surface area contributed by atoms with Crippen molar-refractivity contribution in [2.45, 2.75) is 6.42 Å². The molecular weight excluding hydrogens is 298 g/mol. The molecule has 0 bridgehead atoms. The van der Waals surface area contributed by atoms with E-state index in [-0.39, 0.29) is 0 Å². The van der Waals surface area contributed by atoms with E-state index in [9.17, 15) is 5.26 Å². The molecule has 1 aromatic carbocycles. The van der Waals surface area contributed by atoms with Gasteiger partial charge in [-0.3, -0.25) is 4.68 Å². The molecule has 3 heterocycles. The van der Waals surface area contributed by atoms with E-state index in [1.54, 1.807) is 10.9 Å². The maximum atomic E-state index is 9.39. The van der Waals surface area contributed by atoms with Crippen LogP contribution in [-0.2, 0) is 13.5 Å². The van der Waals surface area contributed by atoms with Crippen molar-refractivity contribution < 1.29 is 0 Å². The predicted molar refractivity (Wildman–Crippen MR) is 92.3 cm³/mol. The molecular formula is C19H15N5. The average Bonchev–Trinajstić information content (AvgIpc) is 3.21. The number of hydrogen-bond donors (Lipinski definition) is 1. The van der Waals surface area contributed by atoms with Gasteiger partial charge in [-0.1, -0.05) is 30.3 Å². The standard InChI is InChI=1S/C19H15N5/c1-24-12-13(10-22-24)7-16-8-17(14-5-3-2-4-6-14)18-15(9-20)11-21-19(18)23-16/h2-6,8,10-12H,7H2,1H3,(H,21,23). The molecule has 0 aliphatic heterocycles. The fourth-order valence-corrected chi connectivity index (χ4v) is 2.98. The molecule has 0 radical (unpaired) electrons. The highest BCUT2D eigenvalue weighted by Gasteiger charge is 2.14. The lowest BCUT2D eigenvalue weighted by molar-refractivity contribution is 0.767. The second-order valence-corrected chi connectivity index (χ2v) is 5.76. The molecule has 0 saturated heterocycles. The second-order valence-electron chi connectivity index (χ2n) is 5.76. The van der Waals surface area contributed by atoms with E-state index in [2.05, 4.69) is 34.4 Å². The zero-order valence-electron chi connectivity index (χ0n) is 13.2. The fourth-order valence-electron chi connectivity index (χ4n) is 2.98. The van der Waals surface area contributed by atoms with Crippen LogP contribution in [0.4, 0.5) is 0 Å². The molecule has 0 aliphatic rings. The quantitative estimate of drug-likeness (QED) is 0.630. The highest BCUT2D eigenvalue weighted by molar-refractivity contribution is 5.97. The Labute approximate surface area is 139 Å². The van der Waals surface area contributed by atoms with E-state index < -0.39 is 0 Å². The summed E-state index contributed by atoms with van der Waals surface area (Å²) in [5, 5.41) is 14.5. The Kier molecular flexibility index (Phi) is 3.36. The van der Waals surface area contributed by atoms with Crippen molar-refractivity contribution in [3.8, 4) is 17.2 Å². The number of aromatic nitrogens is 4. The molecule has 0 atom stereocenters. The van der Waals surface area contributed by atoms with Gasteiger partial charge < -0.3 is 4.98 Å². The first kappa shape index (κ1) is 14.2. The first-order valence-electron chi connectivity index (χ1n) is 7.68. The van der Waals surface area contributed by atoms with Gasteiger partial charge in [-0.2, -0.15) is 10.4 Å². The molecule has 1 N–H and O–H groups in total. The van der Waals surface area contributed by atoms with Crippen LogP contribution in [0.1, 0.15) is 16.8 Å². The summed E-state index contributed by atoms with van der Waals surface area (Å²) >= 11 is 0. The molecule has 5 nitrogen and oxygen atoms in total. The normalized spacial score (nSPS) is 10.8. The summed E-state index contributed by atoms with van der Waals surface area (Å²) in [6.07, 6.45) is 6.26. The molecule has 0 amide bonds. The van der Waals surface area contributed by atoms with Crippen molar-refractivity contribution >= 4 is 11.0 Å². The van der Waals surface area contributed by atoms with Crippen molar-refractivity contribution in [1.29, 1.82) is 5.26 Å². The molecule has 5 heteroatoms. The zero-order chi connectivity index (χ0) is 16.5. The number of fused-ring (bicyclic) bond motifs is 1. The number of H-pyrrole nitrogens is 1. The van der Waals surface area contributed by atoms with E-state index in [4.69, 9.17) is 4.98 Å². The lowest BCUT2D eigenvalue weighted by Crippen LogP contribution is -1.94. The van der Waals surface area contributed by atoms with Gasteiger partial charge in [0.05, 0.1) is 11.8 Å². The van der Waals surface area contributed by atoms with Gasteiger partial charge in [0.2, 0.25) is 0 Å². The Morgan fingerprint density at radius 3 is 2.79 bits per heavy atom. The summed E-state index contributed by atoms with van der Waals surface area (Å²) in [4.78, 5) is 7.82. The molecule has 24 heavy (non-hydrogen) atoms. The molecule has 116 valence electrons. The number of nitriles is 1. The summed E-state index contributed by atoms with van der Waals surface area (Å²) < 4.78 is 1.79. The van der Waals surface area contributed by atoms with Gasteiger partial charge in [0, 0.05) is 36.9 Å². The number of nitrogens with one attached hydrogen (secondary N) is 1. The molecule has 0 unspecified atom stereocenters. The van der Waals surface area contributed by atoms with Crippen LogP contribution in [0.5, 0.6) is 0 Å². The first-order valence-corrected chi connectivity index (χ1v) is 7.68. The molecule has 0 spiro atoms. The third kappa shape index (κ3) is 2.44. The molecule has 4 rings (SSSR count). The van der Waals surface area contributed by atoms with Crippen LogP contribution in [0.25, 0.3) is 22.2 Å². The largest absolute Gasteiger partial charge is 0.345 e. The van der Waals surface area contributed by atoms with Gasteiger partial charge in [-0.05, 0) is 22.8 Å². The van der Waals surface area contributed by atoms with Crippen molar-refractivity contribution in [2.75, 3.05) is 0 Å². The zero-order valence-corrected chi connectivity index (χ0v) is 13.2. The highest BCUT2D eigenvalue weighted by atomic mass is 15.2. The van der Waals surface area contributed by atoms with E-state index in [0.29, 0.717) is 12.0 Å². The summed E-state index contributed by atoms with van der Waals surface area (Å²) in [6.45, 7) is 0. The fraction of sp³-hybridized carbons (Fsp3) is 0.105. The van der Waals surface area contributed by atoms with E-state index in [1.165, 1.54) is 0 Å². The van der Waals surface area contributed by atoms with Gasteiger partial charge in [-0.25, -0.2) is 4.98 Å². The summed E-state index contributed by atoms with van der Waals surface area (Å²) in [6, 6.07) is 14.4. The smallest absolute Gasteiger partial charge is 0.139 e. The molecule has 0 fully saturated rings. The second kappa shape index (κ2) is 5.67. The lowest BCUT2D eigenvalue weighted by atomic mass is 9.99. The minimum absolute atomic E-state index is 0.615. The summed E-state index contributed by atoms with van der Waals surface area (Å²) in [7, 11) is 1.90. The Morgan fingerprint density at radius 1 is 1.25 bits per heavy atom. The average molecular weight is 313 g/mol. The van der Waals surface area contributed by atoms with Gasteiger partial charge in [0.15, 0.2) is 0 Å². The third-order valence-corrected chi connectivity index (χ3v) is 4.04. The topological polar surface area (TPSA) is 70.3 Å². The minimum atomic E-state index is 0.615. The van der Waals surface area contributed by atoms with Crippen LogP contribution >= 0.6 is 0 Å². The van der Waals surface area contributed by atoms with E-state index in [0.717, 1.165) is 33.4 Å². The third-order valence-electron chi connectivity index (χ3n) is 4.04. The number of pyridine rings is 1. The Balaban J connectivity index is 1.90. The number of hydrogen-bond acceptors (Lipinski definition) is 3. The van der Waals surface area contributed by atoms with Crippen LogP contribution in [0, 0.1) is 11.3 Å². The van der Waals surface area contributed by atoms with Crippen molar-refractivity contribution in [1.82, 2.24) is 19.7 Å². The number of aromatic amines is 1. The lowest BCUT2D eigenvalue weighted by Gasteiger charge is -2.07. The molecule has 4 aromatic rings. The maximum Gasteiger partial charge on any atom is 0.139 e. The number of rotatable bonds is 3. The first-order chi connectivity index (χ1) is 11.7. The van der Waals surface area contributed by atoms with Crippen molar-refractivity contribution in [2.24, 2.45) is 7.05 Å². The maximum absolute atomic E-state index is 9.39. The number of nitrogens with zero attached hydrogens (tertiary/aromatic N) is 4. The van der Waals surface area contributed by atoms with E-state index in [1.807, 2.05) is 37.6 Å². The highest BCUT2D eigenvalue weighted by Crippen LogP contribution is 2.31. The molecule has 0 aliphatic carbocycles. The molecule has 3 aromatic heterocycles. The Bertz CT molecular complexity index is 1050. The van der Waals surface area contributed by atoms with Crippen molar-refractivity contribution in [3.63, 3.8) is 0 Å². The van der Waals surface area contributed by atoms with Crippen molar-refractivity contribution in [3.05, 3.63) is 71.8 Å². The Hall–Kier alpha value is -3.39. The van der Waals surface area contributed by atoms with Crippen LogP contribution in [0.3, 0.4) is 0 Å². The summed E-state index contributed by atoms with van der Waals surface area (Å²) in [5.74, 6) is 0. The monoisotopic (exact) mass is 313 g/mol. The van der Waals surface area contributed by atoms with Gasteiger partial charge >= 0.3 is 0 Å². The van der Waals surface area contributed by atoms with Crippen LogP contribution < -0.4 is 0 Å². The van der Waals surface area contributed by atoms with Gasteiger partial charge in [0.1, 0.15) is 11.7 Å². The molecule has 0 saturated carbocycles. The minimum Gasteiger partial charge on any atom is -0.345 e. The SMILES string of the molecule is Cn1cc(Cc2cc(-c3ccccc3)c3c(C#N)c[nH]c3n2)cn1. The van der Waals surface area contributed by atoms with Crippen LogP contribution in [-0.4, -0.2) is 19.7 Å². The summed E-state index contributed by atoms with van der Waals surface area (Å²) in [5.41, 5.74) is 5.51.